The molecule has 0 fully saturated rings. The number of carbonyl (C=O) groups excluding carboxylic acids is 4. The monoisotopic (exact) mass is 1790 g/mol. The second-order valence-electron chi connectivity index (χ2n) is 41.2. The van der Waals surface area contributed by atoms with Gasteiger partial charge in [-0.15, -0.1) is 45.3 Å². The number of rotatable bonds is 9. The molecule has 4 amide bonds. The van der Waals surface area contributed by atoms with Gasteiger partial charge in [0.15, 0.2) is 23.0 Å². The first kappa shape index (κ1) is 112. The van der Waals surface area contributed by atoms with Gasteiger partial charge in [-0.25, -0.2) is 10.0 Å². The molecular formula is C93H148N10O16S4. The first-order chi connectivity index (χ1) is 56.1. The predicted molar refractivity (Wildman–Crippen MR) is 501 cm³/mol. The molecule has 0 radical (unpaired) electrons. The van der Waals surface area contributed by atoms with Crippen molar-refractivity contribution in [3.63, 3.8) is 0 Å². The number of carbonyl (C=O) groups is 4. The van der Waals surface area contributed by atoms with Crippen molar-refractivity contribution in [2.45, 2.75) is 289 Å². The molecule has 8 aromatic rings. The molecule has 10 N–H and O–H groups in total. The van der Waals surface area contributed by atoms with Gasteiger partial charge in [0.05, 0.1) is 25.1 Å². The Balaban J connectivity index is 0.000000671. The van der Waals surface area contributed by atoms with Crippen molar-refractivity contribution in [1.82, 2.24) is 20.7 Å². The summed E-state index contributed by atoms with van der Waals surface area (Å²) in [6.45, 7) is 70.9. The Morgan fingerprint density at radius 3 is 1.20 bits per heavy atom. The number of furan rings is 4. The lowest BCUT2D eigenvalue weighted by Crippen LogP contribution is -2.31. The molecule has 0 spiro atoms. The van der Waals surface area contributed by atoms with Gasteiger partial charge in [0, 0.05) is 83.9 Å². The van der Waals surface area contributed by atoms with Crippen molar-refractivity contribution in [1.29, 1.82) is 0 Å². The van der Waals surface area contributed by atoms with Crippen molar-refractivity contribution in [3.8, 4) is 46.0 Å². The Bertz CT molecular complexity index is 4380. The standard InChI is InChI=1S/2C9H14O2.2C9H14OS.C8H14N2O.C8H12O2.2C8H12OS.C7H13N3O.C7H10O2.C6H10N2O.C5H9N3O/c1-9(2,3)5-8-4-7(10)6-11-8;1-9(2,3)4-7-5-11-6-8(7)10;1-9(2,3)5-8-4-7(10)6-11-8;1-9(2,3)4-7-5-11-6-8(7)10;1-8(2,3)4-6-7(11)10-5-9-6;2*1-8(2,3)6-4-10-5-7(6)9;1-8(2,3)7-4-6(9)5-10-7;1-7(2,3)5-10-6(11)4-8-9-10;1-5(2)7-3-6(8)4-9-7;1-4(2)5-6(9)8-3-7-5;1-4(2)8-5(9)3-6-7-8/h4,6,10H,5H2,1-3H3;5-6,10H,4H2,1-3H3;4,6,10H,5H2,1-3H3;5-6,10H,4H2,1-3H3;4-5H2,1-3H3,(H,10,11);3*4-5,9H,1-3H3;4-5H2,1-3H3;3-5,8H,1-2H3;4H,3H2,1-2H3,(H,8,9);4H,3H2,1-2H3. The first-order valence-electron chi connectivity index (χ1n) is 41.2. The summed E-state index contributed by atoms with van der Waals surface area (Å²) in [6, 6.07) is 7.10. The second kappa shape index (κ2) is 50.0. The Morgan fingerprint density at radius 1 is 0.415 bits per heavy atom. The number of aromatic hydroxyl groups is 8. The first-order valence-corrected chi connectivity index (χ1v) is 44.8. The highest BCUT2D eigenvalue weighted by molar-refractivity contribution is 7.10. The largest absolute Gasteiger partial charge is 0.507 e. The summed E-state index contributed by atoms with van der Waals surface area (Å²) in [5.74, 6) is 4.85. The number of nitrogens with zero attached hydrogens (tertiary/aromatic N) is 8. The molecule has 0 aromatic carbocycles. The van der Waals surface area contributed by atoms with Gasteiger partial charge in [0.1, 0.15) is 97.4 Å². The number of hydrogen-bond acceptors (Lipinski definition) is 26. The van der Waals surface area contributed by atoms with Crippen LogP contribution in [0.3, 0.4) is 0 Å². The van der Waals surface area contributed by atoms with Crippen LogP contribution in [0.15, 0.2) is 142 Å². The van der Waals surface area contributed by atoms with Crippen LogP contribution >= 0.6 is 45.3 Å². The van der Waals surface area contributed by atoms with Gasteiger partial charge in [0.25, 0.3) is 23.6 Å². The van der Waals surface area contributed by atoms with E-state index in [0.29, 0.717) is 65.6 Å². The zero-order valence-corrected chi connectivity index (χ0v) is 82.9. The van der Waals surface area contributed by atoms with Crippen LogP contribution < -0.4 is 10.6 Å². The molecule has 26 nitrogen and oxygen atoms in total. The average Bonchev–Trinajstić information content (AvgIpc) is 1.72. The van der Waals surface area contributed by atoms with E-state index in [9.17, 15) is 39.6 Å². The molecule has 690 valence electrons. The minimum atomic E-state index is -0.0307. The summed E-state index contributed by atoms with van der Waals surface area (Å²) >= 11 is 6.33. The normalized spacial score (nSPS) is 13.8. The highest BCUT2D eigenvalue weighted by Crippen LogP contribution is 2.36. The SMILES string of the molecule is CC(C)(C)CC1=NCNC1=O.CC(C)(C)CN1N=NCC1=O.CC(C)(C)Cc1cc(O)co1.CC(C)(C)Cc1cc(O)cs1.CC(C)(C)Cc1cocc1O.CC(C)(C)Cc1cscc1O.CC(C)(C)c1cc(O)cs1.CC(C)(C)c1cocc1O.CC(C)(C)c1cscc1O.CC(C)C1=NCNC1=O.CC(C)N1N=NCC1=O.CC(C)c1cc(O)co1. The highest BCUT2D eigenvalue weighted by Gasteiger charge is 2.27. The van der Waals surface area contributed by atoms with Crippen LogP contribution in [0.2, 0.25) is 0 Å². The molecule has 12 rings (SSSR count). The van der Waals surface area contributed by atoms with Gasteiger partial charge in [-0.3, -0.25) is 29.2 Å². The molecular weight excluding hydrogens is 1640 g/mol. The summed E-state index contributed by atoms with van der Waals surface area (Å²) in [5, 5.41) is 107. The van der Waals surface area contributed by atoms with Crippen molar-refractivity contribution in [2.24, 2.45) is 69.1 Å². The van der Waals surface area contributed by atoms with E-state index in [1.165, 1.54) is 44.8 Å². The molecule has 0 atom stereocenters. The fraction of sp³-hybridized carbons (Fsp3) is 0.591. The molecule has 12 heterocycles. The van der Waals surface area contributed by atoms with E-state index in [1.807, 2.05) is 85.2 Å². The number of amides is 4. The number of aliphatic imine (C=N–C) groups is 2. The summed E-state index contributed by atoms with van der Waals surface area (Å²) < 4.78 is 19.7. The van der Waals surface area contributed by atoms with Crippen molar-refractivity contribution in [3.05, 3.63) is 138 Å². The zero-order valence-electron chi connectivity index (χ0n) is 79.6. The number of nitrogens with one attached hydrogen (secondary N) is 2. The summed E-state index contributed by atoms with van der Waals surface area (Å²) in [7, 11) is 0. The maximum absolute atomic E-state index is 11.0. The van der Waals surface area contributed by atoms with E-state index in [2.05, 4.69) is 207 Å². The van der Waals surface area contributed by atoms with Crippen LogP contribution in [-0.2, 0) is 61.1 Å². The maximum atomic E-state index is 11.0. The zero-order chi connectivity index (χ0) is 94.8. The second-order valence-corrected chi connectivity index (χ2v) is 44.6. The third-order valence-corrected chi connectivity index (χ3v) is 19.9. The van der Waals surface area contributed by atoms with Crippen LogP contribution in [0.4, 0.5) is 0 Å². The lowest BCUT2D eigenvalue weighted by atomic mass is 9.89. The molecule has 4 aliphatic rings. The Kier molecular flexibility index (Phi) is 45.5. The molecule has 0 aliphatic carbocycles. The summed E-state index contributed by atoms with van der Waals surface area (Å²) in [4.78, 5) is 54.0. The topological polar surface area (TPSA) is 387 Å². The molecule has 8 aromatic heterocycles. The smallest absolute Gasteiger partial charge is 0.267 e. The molecule has 0 saturated heterocycles. The van der Waals surface area contributed by atoms with Crippen LogP contribution in [0, 0.1) is 38.4 Å². The quantitative estimate of drug-likeness (QED) is 0.0642. The minimum Gasteiger partial charge on any atom is -0.507 e. The fourth-order valence-corrected chi connectivity index (χ4v) is 14.0. The lowest BCUT2D eigenvalue weighted by Gasteiger charge is -2.21. The van der Waals surface area contributed by atoms with Gasteiger partial charge in [0.2, 0.25) is 0 Å². The van der Waals surface area contributed by atoms with Gasteiger partial charge in [-0.05, 0) is 111 Å². The summed E-state index contributed by atoms with van der Waals surface area (Å²) in [6.07, 6.45) is 13.0. The van der Waals surface area contributed by atoms with Crippen LogP contribution in [-0.4, -0.2) is 125 Å². The highest BCUT2D eigenvalue weighted by atomic mass is 32.1. The van der Waals surface area contributed by atoms with E-state index in [0.717, 1.165) is 65.9 Å². The van der Waals surface area contributed by atoms with Crippen molar-refractivity contribution < 1.29 is 77.7 Å². The third-order valence-electron chi connectivity index (χ3n) is 16.1. The van der Waals surface area contributed by atoms with Crippen LogP contribution in [0.1, 0.15) is 284 Å². The fourth-order valence-electron chi connectivity index (χ4n) is 10.4. The average molecular weight is 1790 g/mol. The molecule has 0 bridgehead atoms. The Hall–Kier alpha value is -9.26. The van der Waals surface area contributed by atoms with Crippen molar-refractivity contribution in [2.75, 3.05) is 33.0 Å². The van der Waals surface area contributed by atoms with Gasteiger partial charge in [-0.2, -0.15) is 10.2 Å². The molecule has 0 unspecified atom stereocenters. The van der Waals surface area contributed by atoms with E-state index < -0.39 is 0 Å². The van der Waals surface area contributed by atoms with Gasteiger partial charge >= 0.3 is 0 Å². The van der Waals surface area contributed by atoms with Crippen LogP contribution in [0.25, 0.3) is 0 Å². The third kappa shape index (κ3) is 49.7. The Morgan fingerprint density at radius 2 is 0.902 bits per heavy atom. The summed E-state index contributed by atoms with van der Waals surface area (Å²) in [5.41, 5.74) is 6.67. The van der Waals surface area contributed by atoms with E-state index in [-0.39, 0.29) is 115 Å². The molecule has 4 aliphatic heterocycles. The number of hydrogen-bond donors (Lipinski definition) is 10. The van der Waals surface area contributed by atoms with E-state index in [4.69, 9.17) is 38.1 Å². The molecule has 0 saturated carbocycles. The Labute approximate surface area is 748 Å². The molecule has 123 heavy (non-hydrogen) atoms. The minimum absolute atomic E-state index is 0.0000694. The predicted octanol–water partition coefficient (Wildman–Crippen LogP) is 24.1. The van der Waals surface area contributed by atoms with Gasteiger partial charge < -0.3 is 69.2 Å². The van der Waals surface area contributed by atoms with Crippen LogP contribution in [0.5, 0.6) is 46.0 Å². The molecule has 30 heteroatoms. The van der Waals surface area contributed by atoms with Crippen molar-refractivity contribution >= 4 is 80.4 Å². The number of thiophene rings is 4. The van der Waals surface area contributed by atoms with Gasteiger partial charge in [-0.1, -0.05) is 225 Å². The van der Waals surface area contributed by atoms with E-state index in [1.54, 1.807) is 91.5 Å². The van der Waals surface area contributed by atoms with E-state index >= 15 is 0 Å². The maximum Gasteiger partial charge on any atom is 0.267 e. The lowest BCUT2D eigenvalue weighted by molar-refractivity contribution is -0.129.